The van der Waals surface area contributed by atoms with Crippen molar-refractivity contribution in [1.82, 2.24) is 5.32 Å². The van der Waals surface area contributed by atoms with Crippen LogP contribution < -0.4 is 5.32 Å². The number of ether oxygens (including phenoxy) is 1. The van der Waals surface area contributed by atoms with Gasteiger partial charge in [-0.25, -0.2) is 9.59 Å². The van der Waals surface area contributed by atoms with Gasteiger partial charge in [-0.3, -0.25) is 0 Å². The molecule has 0 saturated heterocycles. The monoisotopic (exact) mass is 427 g/mol. The summed E-state index contributed by atoms with van der Waals surface area (Å²) in [4.78, 5) is 24.0. The van der Waals surface area contributed by atoms with E-state index in [2.05, 4.69) is 29.6 Å². The molecule has 0 radical (unpaired) electrons. The Morgan fingerprint density at radius 2 is 1.62 bits per heavy atom. The molecular formula is C27H25NO4. The Hall–Kier alpha value is -3.60. The second-order valence-corrected chi connectivity index (χ2v) is 8.55. The maximum atomic E-state index is 12.7. The molecule has 1 unspecified atom stereocenters. The van der Waals surface area contributed by atoms with E-state index >= 15 is 0 Å². The first kappa shape index (κ1) is 20.3. The summed E-state index contributed by atoms with van der Waals surface area (Å²) in [6.07, 6.45) is 2.85. The highest BCUT2D eigenvalue weighted by atomic mass is 16.5. The summed E-state index contributed by atoms with van der Waals surface area (Å²) in [5.41, 5.74) is 7.21. The lowest BCUT2D eigenvalue weighted by Crippen LogP contribution is -2.37. The average molecular weight is 428 g/mol. The second-order valence-electron chi connectivity index (χ2n) is 8.55. The molecule has 0 aliphatic heterocycles. The van der Waals surface area contributed by atoms with Gasteiger partial charge in [0.2, 0.25) is 0 Å². The van der Waals surface area contributed by atoms with E-state index in [1.54, 1.807) is 12.1 Å². The SMILES string of the molecule is O=C(NC1CCCc2ccc(C(=O)O)cc2C1)OCC1c2ccccc2-c2ccccc21. The third kappa shape index (κ3) is 3.86. The van der Waals surface area contributed by atoms with Gasteiger partial charge < -0.3 is 15.2 Å². The molecule has 0 aromatic heterocycles. The Morgan fingerprint density at radius 3 is 2.31 bits per heavy atom. The number of amides is 1. The van der Waals surface area contributed by atoms with E-state index in [1.165, 1.54) is 22.3 Å². The smallest absolute Gasteiger partial charge is 0.407 e. The van der Waals surface area contributed by atoms with Gasteiger partial charge >= 0.3 is 12.1 Å². The third-order valence-corrected chi connectivity index (χ3v) is 6.58. The van der Waals surface area contributed by atoms with E-state index in [0.29, 0.717) is 6.42 Å². The van der Waals surface area contributed by atoms with Crippen LogP contribution in [0.2, 0.25) is 0 Å². The molecule has 0 fully saturated rings. The zero-order chi connectivity index (χ0) is 22.1. The predicted octanol–water partition coefficient (Wildman–Crippen LogP) is 5.17. The van der Waals surface area contributed by atoms with Gasteiger partial charge in [0, 0.05) is 12.0 Å². The predicted molar refractivity (Wildman–Crippen MR) is 122 cm³/mol. The summed E-state index contributed by atoms with van der Waals surface area (Å²) < 4.78 is 5.69. The molecule has 1 atom stereocenters. The highest BCUT2D eigenvalue weighted by molar-refractivity contribution is 5.88. The summed E-state index contributed by atoms with van der Waals surface area (Å²) >= 11 is 0. The van der Waals surface area contributed by atoms with Gasteiger partial charge in [-0.2, -0.15) is 0 Å². The van der Waals surface area contributed by atoms with Crippen LogP contribution in [-0.4, -0.2) is 29.8 Å². The fourth-order valence-electron chi connectivity index (χ4n) is 5.03. The van der Waals surface area contributed by atoms with Crippen molar-refractivity contribution in [3.8, 4) is 11.1 Å². The highest BCUT2D eigenvalue weighted by Crippen LogP contribution is 2.44. The van der Waals surface area contributed by atoms with E-state index in [-0.39, 0.29) is 24.1 Å². The number of fused-ring (bicyclic) bond motifs is 4. The van der Waals surface area contributed by atoms with Crippen molar-refractivity contribution in [2.24, 2.45) is 0 Å². The van der Waals surface area contributed by atoms with E-state index in [4.69, 9.17) is 4.74 Å². The molecule has 32 heavy (non-hydrogen) atoms. The van der Waals surface area contributed by atoms with Gasteiger partial charge in [0.1, 0.15) is 6.61 Å². The summed E-state index contributed by atoms with van der Waals surface area (Å²) in [6, 6.07) is 21.7. The van der Waals surface area contributed by atoms with Gasteiger partial charge in [0.05, 0.1) is 5.56 Å². The summed E-state index contributed by atoms with van der Waals surface area (Å²) in [5, 5.41) is 12.3. The number of hydrogen-bond acceptors (Lipinski definition) is 3. The number of hydrogen-bond donors (Lipinski definition) is 2. The van der Waals surface area contributed by atoms with Crippen molar-refractivity contribution in [1.29, 1.82) is 0 Å². The number of rotatable bonds is 4. The minimum Gasteiger partial charge on any atom is -0.478 e. The van der Waals surface area contributed by atoms with Crippen LogP contribution in [0.15, 0.2) is 66.7 Å². The largest absolute Gasteiger partial charge is 0.478 e. The number of alkyl carbamates (subject to hydrolysis) is 1. The molecular weight excluding hydrogens is 402 g/mol. The number of carboxylic acids is 1. The fraction of sp³-hybridized carbons (Fsp3) is 0.259. The highest BCUT2D eigenvalue weighted by Gasteiger charge is 2.29. The van der Waals surface area contributed by atoms with E-state index < -0.39 is 12.1 Å². The molecule has 0 heterocycles. The molecule has 0 saturated carbocycles. The normalized spacial score (nSPS) is 16.9. The molecule has 2 N–H and O–H groups in total. The lowest BCUT2D eigenvalue weighted by molar-refractivity contribution is 0.0696. The van der Waals surface area contributed by atoms with Crippen molar-refractivity contribution in [3.63, 3.8) is 0 Å². The summed E-state index contributed by atoms with van der Waals surface area (Å²) in [7, 11) is 0. The van der Waals surface area contributed by atoms with Crippen LogP contribution in [0.25, 0.3) is 11.1 Å². The Labute approximate surface area is 187 Å². The van der Waals surface area contributed by atoms with Crippen LogP contribution in [-0.2, 0) is 17.6 Å². The molecule has 0 bridgehead atoms. The standard InChI is InChI=1S/C27H25NO4/c29-26(30)18-13-12-17-6-5-7-20(15-19(17)14-18)28-27(31)32-16-25-23-10-3-1-8-21(23)22-9-2-4-11-24(22)25/h1-4,8-14,20,25H,5-7,15-16H2,(H,28,31)(H,29,30). The number of carbonyl (C=O) groups is 2. The van der Waals surface area contributed by atoms with Crippen LogP contribution in [0.3, 0.4) is 0 Å². The number of benzene rings is 3. The molecule has 3 aromatic carbocycles. The average Bonchev–Trinajstić information content (AvgIpc) is 2.97. The quantitative estimate of drug-likeness (QED) is 0.563. The fourth-order valence-corrected chi connectivity index (χ4v) is 5.03. The number of carbonyl (C=O) groups excluding carboxylic acids is 1. The summed E-state index contributed by atoms with van der Waals surface area (Å²) in [5.74, 6) is -0.903. The van der Waals surface area contributed by atoms with Crippen LogP contribution in [0.4, 0.5) is 4.79 Å². The van der Waals surface area contributed by atoms with E-state index in [1.807, 2.05) is 30.3 Å². The molecule has 2 aliphatic carbocycles. The molecule has 1 amide bonds. The van der Waals surface area contributed by atoms with Gasteiger partial charge in [-0.15, -0.1) is 0 Å². The summed E-state index contributed by atoms with van der Waals surface area (Å²) in [6.45, 7) is 0.284. The number of aryl methyl sites for hydroxylation is 1. The van der Waals surface area contributed by atoms with Crippen LogP contribution in [0.5, 0.6) is 0 Å². The molecule has 3 aromatic rings. The minimum atomic E-state index is -0.932. The van der Waals surface area contributed by atoms with Gasteiger partial charge in [-0.05, 0) is 71.2 Å². The van der Waals surface area contributed by atoms with Crippen LogP contribution in [0, 0.1) is 0 Å². The topological polar surface area (TPSA) is 75.6 Å². The van der Waals surface area contributed by atoms with Crippen molar-refractivity contribution in [2.75, 3.05) is 6.61 Å². The number of aromatic carboxylic acids is 1. The Bertz CT molecular complexity index is 1140. The van der Waals surface area contributed by atoms with Crippen molar-refractivity contribution in [3.05, 3.63) is 94.5 Å². The Balaban J connectivity index is 1.26. The first-order valence-corrected chi connectivity index (χ1v) is 11.1. The molecule has 0 spiro atoms. The van der Waals surface area contributed by atoms with Crippen LogP contribution >= 0.6 is 0 Å². The lowest BCUT2D eigenvalue weighted by Gasteiger charge is -2.19. The zero-order valence-corrected chi connectivity index (χ0v) is 17.7. The zero-order valence-electron chi connectivity index (χ0n) is 17.7. The van der Waals surface area contributed by atoms with E-state index in [9.17, 15) is 14.7 Å². The number of carboxylic acid groups (broad SMARTS) is 1. The van der Waals surface area contributed by atoms with Crippen LogP contribution in [0.1, 0.15) is 51.4 Å². The van der Waals surface area contributed by atoms with Crippen molar-refractivity contribution < 1.29 is 19.4 Å². The molecule has 5 heteroatoms. The Kier molecular flexibility index (Phi) is 5.39. The Morgan fingerprint density at radius 1 is 0.938 bits per heavy atom. The van der Waals surface area contributed by atoms with Gasteiger partial charge in [0.15, 0.2) is 0 Å². The first-order valence-electron chi connectivity index (χ1n) is 11.1. The van der Waals surface area contributed by atoms with E-state index in [0.717, 1.165) is 30.4 Å². The molecule has 162 valence electrons. The third-order valence-electron chi connectivity index (χ3n) is 6.58. The van der Waals surface area contributed by atoms with Crippen molar-refractivity contribution >= 4 is 12.1 Å². The molecule has 2 aliphatic rings. The number of nitrogens with one attached hydrogen (secondary N) is 1. The minimum absolute atomic E-state index is 0.0288. The lowest BCUT2D eigenvalue weighted by atomic mass is 9.98. The molecule has 5 rings (SSSR count). The maximum Gasteiger partial charge on any atom is 0.407 e. The second kappa shape index (κ2) is 8.50. The van der Waals surface area contributed by atoms with Gasteiger partial charge in [-0.1, -0.05) is 54.6 Å². The first-order chi connectivity index (χ1) is 15.6. The van der Waals surface area contributed by atoms with Gasteiger partial charge in [0.25, 0.3) is 0 Å². The van der Waals surface area contributed by atoms with Crippen molar-refractivity contribution in [2.45, 2.75) is 37.6 Å². The maximum absolute atomic E-state index is 12.7. The molecule has 5 nitrogen and oxygen atoms in total.